The lowest BCUT2D eigenvalue weighted by atomic mass is 10.4. The van der Waals surface area contributed by atoms with Gasteiger partial charge in [-0.1, -0.05) is 13.3 Å². The van der Waals surface area contributed by atoms with E-state index in [1.54, 1.807) is 0 Å². The number of hydrogen-bond donors (Lipinski definition) is 0. The highest BCUT2D eigenvalue weighted by molar-refractivity contribution is 7.75. The standard InChI is InChI=1S/C13H21N3P.BrH/c1-2-3-10-17(11-4-7-14,12-5-8-15)13-6-9-16;/h2-6,10-13H2,1H3;1H/q+1;/p-1. The zero-order chi connectivity index (χ0) is 13.0. The summed E-state index contributed by atoms with van der Waals surface area (Å²) >= 11 is 0. The molecule has 0 aromatic rings. The molecule has 3 nitrogen and oxygen atoms in total. The maximum atomic E-state index is 8.74. The normalized spacial score (nSPS) is 9.67. The van der Waals surface area contributed by atoms with Crippen molar-refractivity contribution in [1.29, 1.82) is 15.8 Å². The van der Waals surface area contributed by atoms with Crippen LogP contribution in [0.3, 0.4) is 0 Å². The molecule has 0 N–H and O–H groups in total. The molecule has 0 bridgehead atoms. The first-order chi connectivity index (χ1) is 8.24. The molecule has 5 heteroatoms. The molecule has 0 aromatic heterocycles. The summed E-state index contributed by atoms with van der Waals surface area (Å²) in [6.07, 6.45) is 8.00. The number of rotatable bonds is 9. The first-order valence-electron chi connectivity index (χ1n) is 6.20. The van der Waals surface area contributed by atoms with Gasteiger partial charge in [-0.15, -0.1) is 0 Å². The third-order valence-corrected chi connectivity index (χ3v) is 7.86. The largest absolute Gasteiger partial charge is 1.00 e. The van der Waals surface area contributed by atoms with Gasteiger partial charge in [0.25, 0.3) is 0 Å². The summed E-state index contributed by atoms with van der Waals surface area (Å²) in [6.45, 7) is 2.16. The van der Waals surface area contributed by atoms with E-state index >= 15 is 0 Å². The molecular weight excluding hydrogens is 309 g/mol. The molecule has 0 saturated carbocycles. The molecule has 0 spiro atoms. The lowest BCUT2D eigenvalue weighted by Gasteiger charge is -2.25. The molecule has 0 aliphatic heterocycles. The molecule has 0 rings (SSSR count). The summed E-state index contributed by atoms with van der Waals surface area (Å²) in [5.41, 5.74) is 0. The Morgan fingerprint density at radius 1 is 0.778 bits per heavy atom. The fourth-order valence-electron chi connectivity index (χ4n) is 2.03. The molecule has 0 aliphatic rings. The monoisotopic (exact) mass is 329 g/mol. The van der Waals surface area contributed by atoms with Crippen LogP contribution in [0.1, 0.15) is 39.0 Å². The van der Waals surface area contributed by atoms with Crippen molar-refractivity contribution in [1.82, 2.24) is 0 Å². The van der Waals surface area contributed by atoms with Gasteiger partial charge in [0, 0.05) is 7.26 Å². The average molecular weight is 330 g/mol. The smallest absolute Gasteiger partial charge is 0.0725 e. The predicted octanol–water partition coefficient (Wildman–Crippen LogP) is 0.549. The number of hydrogen-bond acceptors (Lipinski definition) is 3. The summed E-state index contributed by atoms with van der Waals surface area (Å²) in [7, 11) is -1.23. The van der Waals surface area contributed by atoms with Gasteiger partial charge in [0.05, 0.1) is 62.1 Å². The summed E-state index contributed by atoms with van der Waals surface area (Å²) < 4.78 is 0. The van der Waals surface area contributed by atoms with Gasteiger partial charge in [-0.2, -0.15) is 15.8 Å². The molecule has 0 radical (unpaired) electrons. The van der Waals surface area contributed by atoms with Crippen LogP contribution in [0.5, 0.6) is 0 Å². The Morgan fingerprint density at radius 3 is 1.44 bits per heavy atom. The number of nitriles is 3. The number of halogens is 1. The topological polar surface area (TPSA) is 71.4 Å². The second-order valence-corrected chi connectivity index (χ2v) is 8.79. The lowest BCUT2D eigenvalue weighted by molar-refractivity contribution is -0.00000452. The van der Waals surface area contributed by atoms with Crippen LogP contribution in [-0.4, -0.2) is 24.6 Å². The van der Waals surface area contributed by atoms with Gasteiger partial charge in [0.15, 0.2) is 0 Å². The van der Waals surface area contributed by atoms with Crippen molar-refractivity contribution >= 4 is 7.26 Å². The molecule has 0 saturated heterocycles. The van der Waals surface area contributed by atoms with Gasteiger partial charge >= 0.3 is 0 Å². The zero-order valence-corrected chi connectivity index (χ0v) is 13.5. The minimum absolute atomic E-state index is 0. The van der Waals surface area contributed by atoms with E-state index in [1.165, 1.54) is 0 Å². The van der Waals surface area contributed by atoms with Crippen LogP contribution in [0.15, 0.2) is 0 Å². The Morgan fingerprint density at radius 2 is 1.17 bits per heavy atom. The van der Waals surface area contributed by atoms with Crippen molar-refractivity contribution in [3.8, 4) is 18.2 Å². The van der Waals surface area contributed by atoms with Crippen molar-refractivity contribution in [3.63, 3.8) is 0 Å². The van der Waals surface area contributed by atoms with Crippen molar-refractivity contribution < 1.29 is 17.0 Å². The maximum absolute atomic E-state index is 8.74. The molecule has 0 atom stereocenters. The van der Waals surface area contributed by atoms with Crippen LogP contribution < -0.4 is 17.0 Å². The third-order valence-electron chi connectivity index (χ3n) is 3.08. The summed E-state index contributed by atoms with van der Waals surface area (Å²) in [6, 6.07) is 6.64. The molecular formula is C13H21BrN3P. The number of nitrogens with zero attached hydrogens (tertiary/aromatic N) is 3. The van der Waals surface area contributed by atoms with Crippen LogP contribution in [-0.2, 0) is 0 Å². The van der Waals surface area contributed by atoms with E-state index in [-0.39, 0.29) is 17.0 Å². The molecule has 0 unspecified atom stereocenters. The predicted molar refractivity (Wildman–Crippen MR) is 72.0 cm³/mol. The SMILES string of the molecule is CCCC[P+](CCC#N)(CCC#N)CCC#N.[Br-]. The van der Waals surface area contributed by atoms with Crippen LogP contribution in [0.4, 0.5) is 0 Å². The van der Waals surface area contributed by atoms with Crippen LogP contribution >= 0.6 is 7.26 Å². The molecule has 0 amide bonds. The van der Waals surface area contributed by atoms with Gasteiger partial charge in [-0.05, 0) is 6.42 Å². The van der Waals surface area contributed by atoms with Crippen molar-refractivity contribution in [3.05, 3.63) is 0 Å². The molecule has 0 fully saturated rings. The lowest BCUT2D eigenvalue weighted by Crippen LogP contribution is -3.00. The maximum Gasteiger partial charge on any atom is 0.0725 e. The minimum atomic E-state index is -1.23. The third kappa shape index (κ3) is 8.47. The molecule has 18 heavy (non-hydrogen) atoms. The summed E-state index contributed by atoms with van der Waals surface area (Å²) in [4.78, 5) is 0. The Hall–Kier alpha value is -0.620. The highest BCUT2D eigenvalue weighted by atomic mass is 79.9. The van der Waals surface area contributed by atoms with E-state index in [1.807, 2.05) is 0 Å². The average Bonchev–Trinajstić information content (AvgIpc) is 2.37. The van der Waals surface area contributed by atoms with E-state index in [2.05, 4.69) is 25.1 Å². The molecule has 100 valence electrons. The zero-order valence-electron chi connectivity index (χ0n) is 11.0. The van der Waals surface area contributed by atoms with Gasteiger partial charge in [-0.25, -0.2) is 0 Å². The Balaban J connectivity index is 0. The molecule has 0 heterocycles. The Bertz CT molecular complexity index is 279. The highest BCUT2D eigenvalue weighted by Crippen LogP contribution is 2.60. The van der Waals surface area contributed by atoms with Crippen LogP contribution in [0, 0.1) is 34.0 Å². The summed E-state index contributed by atoms with van der Waals surface area (Å²) in [5, 5.41) is 26.2. The van der Waals surface area contributed by atoms with Crippen molar-refractivity contribution in [2.75, 3.05) is 24.6 Å². The first kappa shape index (κ1) is 19.7. The van der Waals surface area contributed by atoms with Crippen molar-refractivity contribution in [2.24, 2.45) is 0 Å². The molecule has 0 aromatic carbocycles. The second kappa shape index (κ2) is 12.8. The van der Waals surface area contributed by atoms with E-state index in [0.29, 0.717) is 19.3 Å². The van der Waals surface area contributed by atoms with Crippen LogP contribution in [0.2, 0.25) is 0 Å². The van der Waals surface area contributed by atoms with Gasteiger partial charge in [0.2, 0.25) is 0 Å². The number of unbranched alkanes of at least 4 members (excludes halogenated alkanes) is 1. The summed E-state index contributed by atoms with van der Waals surface area (Å²) in [5.74, 6) is 0. The van der Waals surface area contributed by atoms with Crippen molar-refractivity contribution in [2.45, 2.75) is 39.0 Å². The Kier molecular flexibility index (Phi) is 14.0. The molecule has 0 aliphatic carbocycles. The quantitative estimate of drug-likeness (QED) is 0.580. The van der Waals surface area contributed by atoms with E-state index in [4.69, 9.17) is 15.8 Å². The highest BCUT2D eigenvalue weighted by Gasteiger charge is 2.35. The fraction of sp³-hybridized carbons (Fsp3) is 0.769. The second-order valence-electron chi connectivity index (χ2n) is 4.31. The van der Waals surface area contributed by atoms with E-state index < -0.39 is 7.26 Å². The van der Waals surface area contributed by atoms with Crippen LogP contribution in [0.25, 0.3) is 0 Å². The van der Waals surface area contributed by atoms with Gasteiger partial charge in [-0.3, -0.25) is 0 Å². The van der Waals surface area contributed by atoms with Gasteiger partial charge in [0.1, 0.15) is 0 Å². The van der Waals surface area contributed by atoms with Gasteiger partial charge < -0.3 is 17.0 Å². The first-order valence-corrected chi connectivity index (χ1v) is 8.73. The minimum Gasteiger partial charge on any atom is -1.00 e. The van der Waals surface area contributed by atoms with E-state index in [0.717, 1.165) is 37.5 Å². The van der Waals surface area contributed by atoms with E-state index in [9.17, 15) is 0 Å². The fourth-order valence-corrected chi connectivity index (χ4v) is 6.08. The Labute approximate surface area is 122 Å².